The van der Waals surface area contributed by atoms with E-state index in [9.17, 15) is 0 Å². The van der Waals surface area contributed by atoms with Crippen LogP contribution < -0.4 is 10.6 Å². The topological polar surface area (TPSA) is 91.1 Å². The van der Waals surface area contributed by atoms with Gasteiger partial charge in [-0.1, -0.05) is 18.2 Å². The predicted octanol–water partition coefficient (Wildman–Crippen LogP) is 4.11. The summed E-state index contributed by atoms with van der Waals surface area (Å²) < 4.78 is 5.57. The van der Waals surface area contributed by atoms with Gasteiger partial charge in [0.1, 0.15) is 5.82 Å². The van der Waals surface area contributed by atoms with Crippen LogP contribution in [0.2, 0.25) is 0 Å². The van der Waals surface area contributed by atoms with Crippen LogP contribution in [0.4, 0.5) is 0 Å². The van der Waals surface area contributed by atoms with Gasteiger partial charge in [0.2, 0.25) is 5.82 Å². The van der Waals surface area contributed by atoms with Crippen molar-refractivity contribution in [1.82, 2.24) is 25.8 Å². The molecule has 0 saturated heterocycles. The van der Waals surface area contributed by atoms with Crippen LogP contribution in [0.1, 0.15) is 25.6 Å². The zero-order valence-corrected chi connectivity index (χ0v) is 20.1. The highest BCUT2D eigenvalue weighted by Gasteiger charge is 2.43. The number of aromatic amines is 1. The minimum atomic E-state index is 0. The van der Waals surface area contributed by atoms with Gasteiger partial charge in [-0.2, -0.15) is 5.10 Å². The number of nitrogens with one attached hydrogen (secondary N) is 3. The van der Waals surface area contributed by atoms with Crippen LogP contribution in [0.25, 0.3) is 11.6 Å². The van der Waals surface area contributed by atoms with Gasteiger partial charge >= 0.3 is 0 Å². The number of furan rings is 1. The summed E-state index contributed by atoms with van der Waals surface area (Å²) in [5, 5.41) is 13.9. The first-order valence-electron chi connectivity index (χ1n) is 9.98. The molecule has 3 N–H and O–H groups in total. The molecule has 1 aromatic carbocycles. The van der Waals surface area contributed by atoms with E-state index in [-0.39, 0.29) is 28.7 Å². The van der Waals surface area contributed by atoms with Gasteiger partial charge in [0, 0.05) is 29.2 Å². The van der Waals surface area contributed by atoms with Crippen molar-refractivity contribution in [2.45, 2.75) is 35.8 Å². The third kappa shape index (κ3) is 6.24. The molecule has 9 heteroatoms. The summed E-state index contributed by atoms with van der Waals surface area (Å²) in [6, 6.07) is 14.3. The Morgan fingerprint density at radius 1 is 1.20 bits per heavy atom. The second-order valence-corrected chi connectivity index (χ2v) is 8.59. The minimum Gasteiger partial charge on any atom is -0.461 e. The van der Waals surface area contributed by atoms with Crippen LogP contribution in [0.3, 0.4) is 0 Å². The number of thioether (sulfide) groups is 1. The second-order valence-electron chi connectivity index (χ2n) is 7.05. The van der Waals surface area contributed by atoms with Crippen molar-refractivity contribution in [3.8, 4) is 11.6 Å². The lowest BCUT2D eigenvalue weighted by Crippen LogP contribution is -2.39. The van der Waals surface area contributed by atoms with Gasteiger partial charge in [-0.3, -0.25) is 10.1 Å². The molecule has 3 aromatic rings. The number of H-pyrrole nitrogens is 1. The SMILES string of the molecule is CCNC(=NCC1(Sc2ccccc2)CC1)NCCc1nc(-c2ccco2)n[nH]1.I. The molecule has 0 unspecified atom stereocenters. The van der Waals surface area contributed by atoms with Gasteiger partial charge < -0.3 is 15.1 Å². The molecule has 0 bridgehead atoms. The molecule has 30 heavy (non-hydrogen) atoms. The summed E-state index contributed by atoms with van der Waals surface area (Å²) in [7, 11) is 0. The van der Waals surface area contributed by atoms with E-state index in [1.807, 2.05) is 23.9 Å². The third-order valence-corrected chi connectivity index (χ3v) is 6.16. The standard InChI is InChI=1S/C21H26N6OS.HI/c1-2-22-20(24-15-21(11-12-21)29-16-7-4-3-5-8-16)23-13-10-18-25-19(27-26-18)17-9-6-14-28-17;/h3-9,14H,2,10-13,15H2,1H3,(H2,22,23,24)(H,25,26,27);1H. The fourth-order valence-corrected chi connectivity index (χ4v) is 4.19. The van der Waals surface area contributed by atoms with Crippen molar-refractivity contribution >= 4 is 41.7 Å². The number of hydrogen-bond donors (Lipinski definition) is 3. The Kier molecular flexibility index (Phi) is 8.20. The average Bonchev–Trinajstić information content (AvgIpc) is 3.13. The summed E-state index contributed by atoms with van der Waals surface area (Å²) in [4.78, 5) is 10.6. The molecule has 2 aromatic heterocycles. The monoisotopic (exact) mass is 538 g/mol. The molecule has 0 spiro atoms. The van der Waals surface area contributed by atoms with Crippen LogP contribution >= 0.6 is 35.7 Å². The van der Waals surface area contributed by atoms with E-state index in [0.29, 0.717) is 11.6 Å². The summed E-state index contributed by atoms with van der Waals surface area (Å²) in [5.74, 6) is 2.91. The summed E-state index contributed by atoms with van der Waals surface area (Å²) in [5.41, 5.74) is 0. The minimum absolute atomic E-state index is 0. The first-order chi connectivity index (χ1) is 14.3. The van der Waals surface area contributed by atoms with E-state index >= 15 is 0 Å². The molecule has 1 saturated carbocycles. The van der Waals surface area contributed by atoms with Gasteiger partial charge in [-0.15, -0.1) is 35.7 Å². The molecule has 0 aliphatic heterocycles. The Morgan fingerprint density at radius 2 is 2.03 bits per heavy atom. The van der Waals surface area contributed by atoms with Crippen LogP contribution in [-0.2, 0) is 6.42 Å². The lowest BCUT2D eigenvalue weighted by molar-refractivity contribution is 0.577. The van der Waals surface area contributed by atoms with E-state index in [1.54, 1.807) is 6.26 Å². The fraction of sp³-hybridized carbons (Fsp3) is 0.381. The lowest BCUT2D eigenvalue weighted by atomic mass is 10.4. The molecule has 0 atom stereocenters. The van der Waals surface area contributed by atoms with E-state index in [2.05, 4.69) is 63.1 Å². The molecular weight excluding hydrogens is 511 g/mol. The maximum absolute atomic E-state index is 5.33. The Labute approximate surface area is 197 Å². The highest BCUT2D eigenvalue weighted by Crippen LogP contribution is 2.51. The second kappa shape index (κ2) is 10.9. The normalized spacial score (nSPS) is 14.8. The van der Waals surface area contributed by atoms with E-state index in [4.69, 9.17) is 9.41 Å². The van der Waals surface area contributed by atoms with Crippen molar-refractivity contribution in [2.24, 2.45) is 4.99 Å². The van der Waals surface area contributed by atoms with Gasteiger partial charge in [0.25, 0.3) is 0 Å². The average molecular weight is 538 g/mol. The van der Waals surface area contributed by atoms with Crippen molar-refractivity contribution in [1.29, 1.82) is 0 Å². The smallest absolute Gasteiger partial charge is 0.216 e. The zero-order valence-electron chi connectivity index (χ0n) is 16.9. The summed E-state index contributed by atoms with van der Waals surface area (Å²) in [6.45, 7) is 4.44. The van der Waals surface area contributed by atoms with Gasteiger partial charge in [0.05, 0.1) is 12.8 Å². The van der Waals surface area contributed by atoms with Crippen molar-refractivity contribution in [3.05, 3.63) is 54.6 Å². The van der Waals surface area contributed by atoms with Crippen molar-refractivity contribution in [2.75, 3.05) is 19.6 Å². The van der Waals surface area contributed by atoms with Crippen LogP contribution in [0.15, 0.2) is 63.0 Å². The number of rotatable bonds is 9. The molecule has 1 aliphatic rings. The number of aliphatic imine (C=N–C) groups is 1. The first-order valence-corrected chi connectivity index (χ1v) is 10.8. The van der Waals surface area contributed by atoms with E-state index in [0.717, 1.165) is 37.8 Å². The lowest BCUT2D eigenvalue weighted by Gasteiger charge is -2.15. The first kappa shape index (κ1) is 22.7. The number of nitrogens with zero attached hydrogens (tertiary/aromatic N) is 3. The number of hydrogen-bond acceptors (Lipinski definition) is 5. The van der Waals surface area contributed by atoms with Gasteiger partial charge in [0.15, 0.2) is 11.7 Å². The number of benzene rings is 1. The van der Waals surface area contributed by atoms with Gasteiger partial charge in [-0.05, 0) is 44.0 Å². The largest absolute Gasteiger partial charge is 0.461 e. The van der Waals surface area contributed by atoms with E-state index in [1.165, 1.54) is 17.7 Å². The molecule has 2 heterocycles. The quantitative estimate of drug-likeness (QED) is 0.216. The molecule has 4 rings (SSSR count). The molecule has 160 valence electrons. The highest BCUT2D eigenvalue weighted by atomic mass is 127. The Hall–Kier alpha value is -2.01. The third-order valence-electron chi connectivity index (χ3n) is 4.68. The Balaban J connectivity index is 0.00000256. The predicted molar refractivity (Wildman–Crippen MR) is 131 cm³/mol. The Morgan fingerprint density at radius 3 is 2.73 bits per heavy atom. The number of guanidine groups is 1. The molecule has 7 nitrogen and oxygen atoms in total. The maximum Gasteiger partial charge on any atom is 0.216 e. The zero-order chi connectivity index (χ0) is 19.9. The van der Waals surface area contributed by atoms with Crippen molar-refractivity contribution < 1.29 is 4.42 Å². The molecule has 1 aliphatic carbocycles. The maximum atomic E-state index is 5.33. The van der Waals surface area contributed by atoms with E-state index < -0.39 is 0 Å². The number of halogens is 1. The Bertz CT molecular complexity index is 924. The van der Waals surface area contributed by atoms with Crippen molar-refractivity contribution in [3.63, 3.8) is 0 Å². The molecule has 1 fully saturated rings. The van der Waals surface area contributed by atoms with Crippen LogP contribution in [0.5, 0.6) is 0 Å². The number of aromatic nitrogens is 3. The summed E-state index contributed by atoms with van der Waals surface area (Å²) >= 11 is 1.94. The molecule has 0 radical (unpaired) electrons. The highest BCUT2D eigenvalue weighted by molar-refractivity contribution is 14.0. The van der Waals surface area contributed by atoms with Crippen LogP contribution in [0, 0.1) is 0 Å². The van der Waals surface area contributed by atoms with Crippen LogP contribution in [-0.4, -0.2) is 45.5 Å². The fourth-order valence-electron chi connectivity index (χ4n) is 2.96. The van der Waals surface area contributed by atoms with Gasteiger partial charge in [-0.25, -0.2) is 4.98 Å². The molecule has 0 amide bonds. The summed E-state index contributed by atoms with van der Waals surface area (Å²) in [6.07, 6.45) is 4.77. The molecular formula is C21H27IN6OS.